The molecule has 2 aliphatic rings. The van der Waals surface area contributed by atoms with Crippen LogP contribution in [-0.2, 0) is 0 Å². The fourth-order valence-corrected chi connectivity index (χ4v) is 4.04. The molecule has 1 aromatic heterocycles. The van der Waals surface area contributed by atoms with Gasteiger partial charge in [-0.2, -0.15) is 0 Å². The van der Waals surface area contributed by atoms with Crippen LogP contribution in [-0.4, -0.2) is 47.1 Å². The van der Waals surface area contributed by atoms with Crippen LogP contribution in [0.2, 0.25) is 0 Å². The van der Waals surface area contributed by atoms with Gasteiger partial charge in [-0.3, -0.25) is 10.4 Å². The summed E-state index contributed by atoms with van der Waals surface area (Å²) in [7, 11) is 0. The first kappa shape index (κ1) is 17.0. The second kappa shape index (κ2) is 7.40. The number of amidine groups is 1. The zero-order valence-corrected chi connectivity index (χ0v) is 15.2. The Bertz CT molecular complexity index is 679. The van der Waals surface area contributed by atoms with E-state index < -0.39 is 0 Å². The molecule has 0 unspecified atom stereocenters. The molecule has 24 heavy (non-hydrogen) atoms. The van der Waals surface area contributed by atoms with E-state index in [0.717, 1.165) is 54.3 Å². The van der Waals surface area contributed by atoms with E-state index in [1.165, 1.54) is 0 Å². The summed E-state index contributed by atoms with van der Waals surface area (Å²) in [5, 5.41) is 15.0. The van der Waals surface area contributed by atoms with Crippen molar-refractivity contribution in [3.8, 4) is 0 Å². The van der Waals surface area contributed by atoms with E-state index in [2.05, 4.69) is 41.7 Å². The van der Waals surface area contributed by atoms with Gasteiger partial charge in [-0.1, -0.05) is 12.7 Å². The van der Waals surface area contributed by atoms with Gasteiger partial charge in [0.1, 0.15) is 16.5 Å². The molecule has 1 aromatic rings. The summed E-state index contributed by atoms with van der Waals surface area (Å²) in [4.78, 5) is 11.2. The lowest BCUT2D eigenvalue weighted by molar-refractivity contribution is 0.214. The number of nitrogens with zero attached hydrogens (tertiary/aromatic N) is 3. The van der Waals surface area contributed by atoms with Crippen molar-refractivity contribution in [1.29, 1.82) is 5.41 Å². The van der Waals surface area contributed by atoms with Crippen LogP contribution in [0.3, 0.4) is 0 Å². The van der Waals surface area contributed by atoms with Gasteiger partial charge in [0, 0.05) is 41.4 Å². The minimum atomic E-state index is 0.296. The third-order valence-electron chi connectivity index (χ3n) is 4.45. The molecule has 0 saturated carbocycles. The predicted octanol–water partition coefficient (Wildman–Crippen LogP) is 3.30. The third-order valence-corrected chi connectivity index (χ3v) is 5.35. The quantitative estimate of drug-likeness (QED) is 0.651. The van der Waals surface area contributed by atoms with Gasteiger partial charge in [-0.05, 0) is 39.8 Å². The highest BCUT2D eigenvalue weighted by Crippen LogP contribution is 2.25. The molecule has 2 N–H and O–H groups in total. The van der Waals surface area contributed by atoms with Gasteiger partial charge in [0.05, 0.1) is 0 Å². The highest BCUT2D eigenvalue weighted by atomic mass is 32.1. The van der Waals surface area contributed by atoms with Gasteiger partial charge in [0.25, 0.3) is 0 Å². The summed E-state index contributed by atoms with van der Waals surface area (Å²) in [5.74, 6) is 0.539. The van der Waals surface area contributed by atoms with Crippen molar-refractivity contribution in [2.24, 2.45) is 4.99 Å². The molecule has 2 aliphatic heterocycles. The first-order valence-electron chi connectivity index (χ1n) is 8.52. The lowest BCUT2D eigenvalue weighted by Crippen LogP contribution is -2.49. The molecule has 0 aromatic carbocycles. The molecular formula is C18H25N5S. The maximum absolute atomic E-state index is 8.70. The van der Waals surface area contributed by atoms with E-state index in [9.17, 15) is 0 Å². The minimum Gasteiger partial charge on any atom is -0.350 e. The Balaban J connectivity index is 1.78. The molecule has 0 atom stereocenters. The number of aromatic nitrogens is 1. The van der Waals surface area contributed by atoms with Crippen molar-refractivity contribution < 1.29 is 0 Å². The van der Waals surface area contributed by atoms with Crippen LogP contribution in [0.15, 0.2) is 28.7 Å². The average molecular weight is 344 g/mol. The maximum atomic E-state index is 8.70. The molecule has 0 spiro atoms. The summed E-state index contributed by atoms with van der Waals surface area (Å²) in [5.41, 5.74) is 2.67. The molecule has 0 amide bonds. The minimum absolute atomic E-state index is 0.296. The molecule has 3 rings (SSSR count). The van der Waals surface area contributed by atoms with E-state index in [-0.39, 0.29) is 0 Å². The molecule has 5 nitrogen and oxygen atoms in total. The molecule has 1 saturated heterocycles. The Morgan fingerprint density at radius 3 is 2.79 bits per heavy atom. The molecular weight excluding hydrogens is 318 g/mol. The van der Waals surface area contributed by atoms with E-state index in [1.807, 2.05) is 11.6 Å². The zero-order chi connectivity index (χ0) is 17.1. The van der Waals surface area contributed by atoms with Crippen molar-refractivity contribution in [2.75, 3.05) is 13.1 Å². The van der Waals surface area contributed by atoms with Gasteiger partial charge in [-0.25, -0.2) is 4.98 Å². The van der Waals surface area contributed by atoms with Gasteiger partial charge in [0.15, 0.2) is 0 Å². The zero-order valence-electron chi connectivity index (χ0n) is 14.4. The number of hydrogen-bond acceptors (Lipinski definition) is 5. The Morgan fingerprint density at radius 1 is 1.42 bits per heavy atom. The van der Waals surface area contributed by atoms with Crippen LogP contribution in [0.5, 0.6) is 0 Å². The summed E-state index contributed by atoms with van der Waals surface area (Å²) < 4.78 is 0. The van der Waals surface area contributed by atoms with E-state index in [4.69, 9.17) is 10.4 Å². The molecule has 128 valence electrons. The van der Waals surface area contributed by atoms with Crippen LogP contribution >= 0.6 is 11.3 Å². The molecule has 0 bridgehead atoms. The van der Waals surface area contributed by atoms with Crippen LogP contribution in [0.4, 0.5) is 0 Å². The molecule has 0 aliphatic carbocycles. The van der Waals surface area contributed by atoms with Crippen LogP contribution < -0.4 is 5.32 Å². The highest BCUT2D eigenvalue weighted by Gasteiger charge is 2.27. The lowest BCUT2D eigenvalue weighted by Gasteiger charge is -2.38. The summed E-state index contributed by atoms with van der Waals surface area (Å²) in [6.45, 7) is 10.2. The third kappa shape index (κ3) is 3.65. The van der Waals surface area contributed by atoms with Crippen molar-refractivity contribution in [2.45, 2.75) is 45.2 Å². The number of allylic oxidation sites excluding steroid dienone is 2. The van der Waals surface area contributed by atoms with Crippen molar-refractivity contribution >= 4 is 29.0 Å². The monoisotopic (exact) mass is 343 g/mol. The Labute approximate surface area is 147 Å². The Morgan fingerprint density at radius 2 is 2.17 bits per heavy atom. The number of hydrogen-bond donors (Lipinski definition) is 2. The Kier molecular flexibility index (Phi) is 5.26. The average Bonchev–Trinajstić information content (AvgIpc) is 3.06. The van der Waals surface area contributed by atoms with Crippen molar-refractivity contribution in [3.05, 3.63) is 34.4 Å². The van der Waals surface area contributed by atoms with Gasteiger partial charge >= 0.3 is 0 Å². The first-order valence-corrected chi connectivity index (χ1v) is 9.40. The second-order valence-corrected chi connectivity index (χ2v) is 7.41. The predicted molar refractivity (Wildman–Crippen MR) is 102 cm³/mol. The fraction of sp³-hybridized carbons (Fsp3) is 0.500. The summed E-state index contributed by atoms with van der Waals surface area (Å²) in [6.07, 6.45) is 6.86. The first-order chi connectivity index (χ1) is 11.6. The van der Waals surface area contributed by atoms with Crippen LogP contribution in [0.25, 0.3) is 5.57 Å². The number of nitrogens with one attached hydrogen (secondary N) is 2. The topological polar surface area (TPSA) is 64.4 Å². The summed E-state index contributed by atoms with van der Waals surface area (Å²) in [6, 6.07) is 0.715. The largest absolute Gasteiger partial charge is 0.350 e. The van der Waals surface area contributed by atoms with Crippen LogP contribution in [0.1, 0.15) is 43.8 Å². The second-order valence-electron chi connectivity index (χ2n) is 6.56. The lowest BCUT2D eigenvalue weighted by atomic mass is 10.0. The molecule has 1 fully saturated rings. The maximum Gasteiger partial charge on any atom is 0.148 e. The molecule has 3 heterocycles. The van der Waals surface area contributed by atoms with Crippen molar-refractivity contribution in [3.63, 3.8) is 0 Å². The van der Waals surface area contributed by atoms with Crippen LogP contribution in [0, 0.1) is 5.41 Å². The Hall–Kier alpha value is -1.79. The summed E-state index contributed by atoms with van der Waals surface area (Å²) >= 11 is 1.58. The standard InChI is InChI=1S/C18H25N5S/c1-12(2)23(15-6-8-20-9-7-15)17(19)16-11-24-18(22-16)14-5-4-13(3)21-10-14/h5,10-12,15,19-20H,3-4,6-9H2,1-2H3. The molecule has 6 heteroatoms. The fourth-order valence-electron chi connectivity index (χ4n) is 3.23. The van der Waals surface area contributed by atoms with Gasteiger partial charge < -0.3 is 10.2 Å². The number of dihydropyridines is 1. The number of rotatable bonds is 4. The number of aliphatic imine (C=N–C) groups is 1. The molecule has 0 radical (unpaired) electrons. The van der Waals surface area contributed by atoms with Gasteiger partial charge in [-0.15, -0.1) is 11.3 Å². The SMILES string of the molecule is C=C1CC=C(c2nc(C(=N)N(C(C)C)C3CCNCC3)cs2)C=N1. The normalized spacial score (nSPS) is 18.8. The smallest absolute Gasteiger partial charge is 0.148 e. The van der Waals surface area contributed by atoms with E-state index >= 15 is 0 Å². The van der Waals surface area contributed by atoms with Gasteiger partial charge in [0.2, 0.25) is 0 Å². The number of thiazole rings is 1. The highest BCUT2D eigenvalue weighted by molar-refractivity contribution is 7.11. The van der Waals surface area contributed by atoms with Crippen molar-refractivity contribution in [1.82, 2.24) is 15.2 Å². The van der Waals surface area contributed by atoms with E-state index in [0.29, 0.717) is 17.9 Å². The van der Waals surface area contributed by atoms with E-state index in [1.54, 1.807) is 11.3 Å². The number of piperidine rings is 1.